The normalized spacial score (nSPS) is 11.3. The van der Waals surface area contributed by atoms with Gasteiger partial charge in [-0.3, -0.25) is 14.2 Å². The van der Waals surface area contributed by atoms with Crippen LogP contribution in [0.25, 0.3) is 11.3 Å². The van der Waals surface area contributed by atoms with E-state index in [0.717, 1.165) is 47.3 Å². The van der Waals surface area contributed by atoms with Gasteiger partial charge in [-0.15, -0.1) is 0 Å². The molecule has 0 spiro atoms. The zero-order valence-corrected chi connectivity index (χ0v) is 14.5. The highest BCUT2D eigenvalue weighted by Gasteiger charge is 2.30. The molecule has 0 aliphatic carbocycles. The fraction of sp³-hybridized carbons (Fsp3) is 0.105. The Balaban J connectivity index is 1.73. The molecule has 0 fully saturated rings. The van der Waals surface area contributed by atoms with Crippen molar-refractivity contribution in [2.75, 3.05) is 5.32 Å². The second-order valence-corrected chi connectivity index (χ2v) is 5.99. The minimum atomic E-state index is -4.48. The zero-order chi connectivity index (χ0) is 21.2. The predicted octanol–water partition coefficient (Wildman–Crippen LogP) is 3.85. The summed E-state index contributed by atoms with van der Waals surface area (Å²) in [4.78, 5) is 28.2. The number of amides is 1. The Morgan fingerprint density at radius 2 is 1.69 bits per heavy atom. The number of rotatable bonds is 4. The van der Waals surface area contributed by atoms with Crippen LogP contribution >= 0.6 is 0 Å². The molecule has 0 saturated carbocycles. The first-order valence-electron chi connectivity index (χ1n) is 8.12. The van der Waals surface area contributed by atoms with Crippen LogP contribution in [0.15, 0.2) is 59.7 Å². The Morgan fingerprint density at radius 1 is 1.00 bits per heavy atom. The van der Waals surface area contributed by atoms with Crippen molar-refractivity contribution < 1.29 is 26.7 Å². The molecule has 5 nitrogen and oxygen atoms in total. The molecule has 29 heavy (non-hydrogen) atoms. The summed E-state index contributed by atoms with van der Waals surface area (Å²) in [6.07, 6.45) is -3.41. The van der Waals surface area contributed by atoms with Gasteiger partial charge in [-0.25, -0.2) is 13.8 Å². The minimum Gasteiger partial charge on any atom is -0.324 e. The van der Waals surface area contributed by atoms with Crippen molar-refractivity contribution in [1.29, 1.82) is 0 Å². The van der Waals surface area contributed by atoms with Crippen molar-refractivity contribution in [1.82, 2.24) is 9.55 Å². The van der Waals surface area contributed by atoms with Crippen LogP contribution < -0.4 is 10.9 Å². The van der Waals surface area contributed by atoms with Crippen LogP contribution in [0.1, 0.15) is 5.56 Å². The lowest BCUT2D eigenvalue weighted by molar-refractivity contribution is -0.137. The number of carbonyl (C=O) groups is 1. The molecule has 3 aromatic rings. The Hall–Kier alpha value is -3.56. The Labute approximate surface area is 160 Å². The maximum absolute atomic E-state index is 13.2. The molecule has 1 amide bonds. The summed E-state index contributed by atoms with van der Waals surface area (Å²) in [5, 5.41) is 2.31. The molecule has 1 aromatic heterocycles. The summed E-state index contributed by atoms with van der Waals surface area (Å²) in [6, 6.07) is 7.99. The first-order chi connectivity index (χ1) is 13.6. The summed E-state index contributed by atoms with van der Waals surface area (Å²) in [7, 11) is 0. The van der Waals surface area contributed by atoms with Gasteiger partial charge >= 0.3 is 6.18 Å². The standard InChI is InChI=1S/C19H12F5N3O2/c20-14-6-5-13(7-15(14)21)26-17(28)9-27-10-25-16(8-18(27)29)11-1-3-12(4-2-11)19(22,23)24/h1-8,10H,9H2,(H,26,28). The quantitative estimate of drug-likeness (QED) is 0.666. The van der Waals surface area contributed by atoms with Crippen LogP contribution in [0.4, 0.5) is 27.6 Å². The molecular formula is C19H12F5N3O2. The Kier molecular flexibility index (Phi) is 5.44. The number of alkyl halides is 3. The molecule has 0 unspecified atom stereocenters. The second kappa shape index (κ2) is 7.82. The number of hydrogen-bond donors (Lipinski definition) is 1. The summed E-state index contributed by atoms with van der Waals surface area (Å²) in [5.74, 6) is -2.88. The molecular weight excluding hydrogens is 397 g/mol. The molecule has 0 saturated heterocycles. The number of nitrogens with one attached hydrogen (secondary N) is 1. The van der Waals surface area contributed by atoms with E-state index in [1.807, 2.05) is 0 Å². The van der Waals surface area contributed by atoms with Crippen LogP contribution in [0, 0.1) is 11.6 Å². The molecule has 150 valence electrons. The lowest BCUT2D eigenvalue weighted by Gasteiger charge is -2.09. The van der Waals surface area contributed by atoms with Gasteiger partial charge in [0.2, 0.25) is 5.91 Å². The average Bonchev–Trinajstić information content (AvgIpc) is 2.66. The van der Waals surface area contributed by atoms with Crippen LogP contribution in [0.5, 0.6) is 0 Å². The van der Waals surface area contributed by atoms with E-state index in [1.165, 1.54) is 12.1 Å². The molecule has 1 heterocycles. The van der Waals surface area contributed by atoms with E-state index in [2.05, 4.69) is 10.3 Å². The molecule has 0 radical (unpaired) electrons. The van der Waals surface area contributed by atoms with Crippen molar-refractivity contribution in [3.05, 3.63) is 82.4 Å². The first-order valence-corrected chi connectivity index (χ1v) is 8.12. The molecule has 0 atom stereocenters. The third-order valence-electron chi connectivity index (χ3n) is 3.90. The molecule has 2 aromatic carbocycles. The topological polar surface area (TPSA) is 64.0 Å². The van der Waals surface area contributed by atoms with E-state index < -0.39 is 41.4 Å². The number of anilines is 1. The summed E-state index contributed by atoms with van der Waals surface area (Å²) >= 11 is 0. The number of hydrogen-bond acceptors (Lipinski definition) is 3. The van der Waals surface area contributed by atoms with E-state index in [-0.39, 0.29) is 11.4 Å². The molecule has 0 bridgehead atoms. The monoisotopic (exact) mass is 409 g/mol. The number of carbonyl (C=O) groups excluding carboxylic acids is 1. The van der Waals surface area contributed by atoms with Gasteiger partial charge in [0.25, 0.3) is 5.56 Å². The van der Waals surface area contributed by atoms with E-state index in [4.69, 9.17) is 0 Å². The van der Waals surface area contributed by atoms with Crippen LogP contribution in [-0.2, 0) is 17.5 Å². The van der Waals surface area contributed by atoms with E-state index in [1.54, 1.807) is 0 Å². The van der Waals surface area contributed by atoms with Gasteiger partial charge < -0.3 is 5.32 Å². The van der Waals surface area contributed by atoms with E-state index in [0.29, 0.717) is 5.56 Å². The largest absolute Gasteiger partial charge is 0.416 e. The van der Waals surface area contributed by atoms with Crippen molar-refractivity contribution >= 4 is 11.6 Å². The third-order valence-corrected chi connectivity index (χ3v) is 3.90. The summed E-state index contributed by atoms with van der Waals surface area (Å²) < 4.78 is 64.9. The summed E-state index contributed by atoms with van der Waals surface area (Å²) in [6.45, 7) is -0.446. The second-order valence-electron chi connectivity index (χ2n) is 5.99. The van der Waals surface area contributed by atoms with Gasteiger partial charge in [-0.05, 0) is 24.3 Å². The highest BCUT2D eigenvalue weighted by atomic mass is 19.4. The lowest BCUT2D eigenvalue weighted by atomic mass is 10.1. The number of nitrogens with zero attached hydrogens (tertiary/aromatic N) is 2. The van der Waals surface area contributed by atoms with Crippen molar-refractivity contribution in [3.63, 3.8) is 0 Å². The highest BCUT2D eigenvalue weighted by molar-refractivity contribution is 5.90. The van der Waals surface area contributed by atoms with Gasteiger partial charge in [0.1, 0.15) is 6.54 Å². The van der Waals surface area contributed by atoms with Gasteiger partial charge in [0.15, 0.2) is 11.6 Å². The van der Waals surface area contributed by atoms with Crippen molar-refractivity contribution in [2.45, 2.75) is 12.7 Å². The highest BCUT2D eigenvalue weighted by Crippen LogP contribution is 2.30. The predicted molar refractivity (Wildman–Crippen MR) is 93.9 cm³/mol. The van der Waals surface area contributed by atoms with Gasteiger partial charge in [0, 0.05) is 23.4 Å². The maximum Gasteiger partial charge on any atom is 0.416 e. The Morgan fingerprint density at radius 3 is 2.28 bits per heavy atom. The third kappa shape index (κ3) is 4.84. The average molecular weight is 409 g/mol. The molecule has 0 aliphatic rings. The SMILES string of the molecule is O=C(Cn1cnc(-c2ccc(C(F)(F)F)cc2)cc1=O)Nc1ccc(F)c(F)c1. The molecule has 1 N–H and O–H groups in total. The zero-order valence-electron chi connectivity index (χ0n) is 14.5. The number of aromatic nitrogens is 2. The van der Waals surface area contributed by atoms with Gasteiger partial charge in [0.05, 0.1) is 17.6 Å². The number of benzene rings is 2. The summed E-state index contributed by atoms with van der Waals surface area (Å²) in [5.41, 5.74) is -0.996. The maximum atomic E-state index is 13.2. The first kappa shape index (κ1) is 20.2. The lowest BCUT2D eigenvalue weighted by Crippen LogP contribution is -2.27. The smallest absolute Gasteiger partial charge is 0.324 e. The molecule has 0 aliphatic heterocycles. The fourth-order valence-corrected chi connectivity index (χ4v) is 2.46. The number of halogens is 5. The minimum absolute atomic E-state index is 0.0104. The van der Waals surface area contributed by atoms with Crippen LogP contribution in [0.2, 0.25) is 0 Å². The molecule has 3 rings (SSSR count). The van der Waals surface area contributed by atoms with Crippen molar-refractivity contribution in [2.24, 2.45) is 0 Å². The van der Waals surface area contributed by atoms with Crippen LogP contribution in [-0.4, -0.2) is 15.5 Å². The Bertz CT molecular complexity index is 1110. The van der Waals surface area contributed by atoms with Gasteiger partial charge in [-0.2, -0.15) is 13.2 Å². The van der Waals surface area contributed by atoms with Crippen LogP contribution in [0.3, 0.4) is 0 Å². The van der Waals surface area contributed by atoms with Crippen molar-refractivity contribution in [3.8, 4) is 11.3 Å². The van der Waals surface area contributed by atoms with E-state index >= 15 is 0 Å². The molecule has 10 heteroatoms. The van der Waals surface area contributed by atoms with E-state index in [9.17, 15) is 31.5 Å². The van der Waals surface area contributed by atoms with Gasteiger partial charge in [-0.1, -0.05) is 12.1 Å². The fourth-order valence-electron chi connectivity index (χ4n) is 2.46.